The molecule has 8 heteroatoms. The molecular formula is C18H20N2O5S. The van der Waals surface area contributed by atoms with Crippen LogP contribution >= 0.6 is 0 Å². The number of hydrogen-bond donors (Lipinski definition) is 2. The van der Waals surface area contributed by atoms with Crippen molar-refractivity contribution in [2.45, 2.75) is 18.2 Å². The van der Waals surface area contributed by atoms with Gasteiger partial charge < -0.3 is 15.4 Å². The molecule has 0 bridgehead atoms. The van der Waals surface area contributed by atoms with E-state index in [0.29, 0.717) is 17.1 Å². The first-order valence-corrected chi connectivity index (χ1v) is 9.50. The van der Waals surface area contributed by atoms with Crippen LogP contribution in [0.1, 0.15) is 13.3 Å². The Bertz CT molecular complexity index is 892. The normalized spacial score (nSPS) is 10.8. The Hall–Kier alpha value is -2.87. The molecule has 0 saturated carbocycles. The second kappa shape index (κ2) is 8.48. The van der Waals surface area contributed by atoms with E-state index in [9.17, 15) is 18.0 Å². The summed E-state index contributed by atoms with van der Waals surface area (Å²) in [6, 6.07) is 12.6. The molecule has 2 amide bonds. The zero-order valence-electron chi connectivity index (χ0n) is 14.5. The number of nitrogens with one attached hydrogen (secondary N) is 2. The first-order chi connectivity index (χ1) is 12.3. The zero-order valence-corrected chi connectivity index (χ0v) is 15.3. The lowest BCUT2D eigenvalue weighted by Crippen LogP contribution is -2.17. The first kappa shape index (κ1) is 19.5. The summed E-state index contributed by atoms with van der Waals surface area (Å²) >= 11 is 0. The molecule has 7 nitrogen and oxygen atoms in total. The van der Waals surface area contributed by atoms with Crippen LogP contribution in [0.3, 0.4) is 0 Å². The van der Waals surface area contributed by atoms with Crippen molar-refractivity contribution in [2.24, 2.45) is 0 Å². The second-order valence-electron chi connectivity index (χ2n) is 5.55. The summed E-state index contributed by atoms with van der Waals surface area (Å²) in [5, 5.41) is 5.20. The van der Waals surface area contributed by atoms with Gasteiger partial charge in [0, 0.05) is 30.8 Å². The molecule has 0 spiro atoms. The van der Waals surface area contributed by atoms with Gasteiger partial charge in [0.15, 0.2) is 9.84 Å². The highest BCUT2D eigenvalue weighted by Crippen LogP contribution is 2.18. The Kier molecular flexibility index (Phi) is 6.35. The fourth-order valence-corrected chi connectivity index (χ4v) is 3.46. The van der Waals surface area contributed by atoms with Crippen LogP contribution in [0.2, 0.25) is 0 Å². The summed E-state index contributed by atoms with van der Waals surface area (Å²) in [6.07, 6.45) is -0.174. The molecule has 0 radical (unpaired) electrons. The van der Waals surface area contributed by atoms with Gasteiger partial charge in [0.2, 0.25) is 11.8 Å². The van der Waals surface area contributed by atoms with Crippen LogP contribution in [0, 0.1) is 0 Å². The Balaban J connectivity index is 1.96. The largest absolute Gasteiger partial charge is 0.497 e. The third kappa shape index (κ3) is 5.59. The lowest BCUT2D eigenvalue weighted by molar-refractivity contribution is -0.116. The first-order valence-electron chi connectivity index (χ1n) is 7.84. The lowest BCUT2D eigenvalue weighted by atomic mass is 10.3. The molecule has 0 aromatic heterocycles. The molecule has 2 N–H and O–H groups in total. The molecular weight excluding hydrogens is 356 g/mol. The molecule has 0 unspecified atom stereocenters. The SMILES string of the molecule is COc1cccc(NC(=O)CCS(=O)(=O)c2ccc(NC(C)=O)cc2)c1. The second-order valence-corrected chi connectivity index (χ2v) is 7.66. The van der Waals surface area contributed by atoms with Gasteiger partial charge in [-0.15, -0.1) is 0 Å². The number of sulfone groups is 1. The van der Waals surface area contributed by atoms with Gasteiger partial charge in [-0.05, 0) is 36.4 Å². The van der Waals surface area contributed by atoms with E-state index in [-0.39, 0.29) is 23.0 Å². The summed E-state index contributed by atoms with van der Waals surface area (Å²) in [4.78, 5) is 23.1. The molecule has 2 aromatic rings. The smallest absolute Gasteiger partial charge is 0.225 e. The molecule has 26 heavy (non-hydrogen) atoms. The number of rotatable bonds is 7. The zero-order chi connectivity index (χ0) is 19.2. The Morgan fingerprint density at radius 3 is 2.31 bits per heavy atom. The van der Waals surface area contributed by atoms with Crippen LogP contribution in [-0.4, -0.2) is 33.1 Å². The van der Waals surface area contributed by atoms with Crippen LogP contribution < -0.4 is 15.4 Å². The van der Waals surface area contributed by atoms with E-state index in [2.05, 4.69) is 10.6 Å². The lowest BCUT2D eigenvalue weighted by Gasteiger charge is -2.08. The molecule has 2 rings (SSSR count). The number of anilines is 2. The molecule has 0 fully saturated rings. The number of carbonyl (C=O) groups is 2. The minimum absolute atomic E-state index is 0.0979. The van der Waals surface area contributed by atoms with Crippen LogP contribution in [0.15, 0.2) is 53.4 Å². The van der Waals surface area contributed by atoms with Crippen LogP contribution in [0.5, 0.6) is 5.75 Å². The predicted molar refractivity (Wildman–Crippen MR) is 99.0 cm³/mol. The van der Waals surface area contributed by atoms with E-state index in [1.807, 2.05) is 0 Å². The Labute approximate surface area is 152 Å². The van der Waals surface area contributed by atoms with Crippen LogP contribution in [-0.2, 0) is 19.4 Å². The van der Waals surface area contributed by atoms with Crippen molar-refractivity contribution in [3.63, 3.8) is 0 Å². The van der Waals surface area contributed by atoms with Gasteiger partial charge in [-0.2, -0.15) is 0 Å². The van der Waals surface area contributed by atoms with Crippen molar-refractivity contribution in [1.82, 2.24) is 0 Å². The summed E-state index contributed by atoms with van der Waals surface area (Å²) in [5.74, 6) is -0.372. The van der Waals surface area contributed by atoms with Gasteiger partial charge in [0.25, 0.3) is 0 Å². The van der Waals surface area contributed by atoms with Gasteiger partial charge in [-0.25, -0.2) is 8.42 Å². The van der Waals surface area contributed by atoms with Gasteiger partial charge in [-0.3, -0.25) is 9.59 Å². The number of amides is 2. The van der Waals surface area contributed by atoms with E-state index in [0.717, 1.165) is 0 Å². The van der Waals surface area contributed by atoms with Crippen molar-refractivity contribution in [3.05, 3.63) is 48.5 Å². The molecule has 0 aliphatic carbocycles. The van der Waals surface area contributed by atoms with E-state index in [4.69, 9.17) is 4.74 Å². The van der Waals surface area contributed by atoms with Crippen LogP contribution in [0.4, 0.5) is 11.4 Å². The molecule has 0 aliphatic heterocycles. The number of benzene rings is 2. The number of hydrogen-bond acceptors (Lipinski definition) is 5. The minimum atomic E-state index is -3.60. The summed E-state index contributed by atoms with van der Waals surface area (Å²) in [7, 11) is -2.09. The Morgan fingerprint density at radius 1 is 1.00 bits per heavy atom. The standard InChI is InChI=1S/C18H20N2O5S/c1-13(21)19-14-6-8-17(9-7-14)26(23,24)11-10-18(22)20-15-4-3-5-16(12-15)25-2/h3-9,12H,10-11H2,1-2H3,(H,19,21)(H,20,22). The maximum atomic E-state index is 12.3. The van der Waals surface area contributed by atoms with E-state index >= 15 is 0 Å². The van der Waals surface area contributed by atoms with Crippen molar-refractivity contribution in [3.8, 4) is 5.75 Å². The average Bonchev–Trinajstić information content (AvgIpc) is 2.60. The minimum Gasteiger partial charge on any atom is -0.497 e. The number of carbonyl (C=O) groups excluding carboxylic acids is 2. The molecule has 0 aliphatic rings. The molecule has 0 atom stereocenters. The maximum Gasteiger partial charge on any atom is 0.225 e. The average molecular weight is 376 g/mol. The van der Waals surface area contributed by atoms with Crippen LogP contribution in [0.25, 0.3) is 0 Å². The summed E-state index contributed by atoms with van der Waals surface area (Å²) in [5.41, 5.74) is 1.04. The fraction of sp³-hybridized carbons (Fsp3) is 0.222. The van der Waals surface area contributed by atoms with Gasteiger partial charge in [0.1, 0.15) is 5.75 Å². The maximum absolute atomic E-state index is 12.3. The molecule has 0 heterocycles. The fourth-order valence-electron chi connectivity index (χ4n) is 2.22. The Morgan fingerprint density at radius 2 is 1.69 bits per heavy atom. The number of methoxy groups -OCH3 is 1. The molecule has 138 valence electrons. The van der Waals surface area contributed by atoms with Gasteiger partial charge in [-0.1, -0.05) is 6.07 Å². The van der Waals surface area contributed by atoms with Gasteiger partial charge >= 0.3 is 0 Å². The highest BCUT2D eigenvalue weighted by molar-refractivity contribution is 7.91. The molecule has 0 saturated heterocycles. The quantitative estimate of drug-likeness (QED) is 0.773. The van der Waals surface area contributed by atoms with Gasteiger partial charge in [0.05, 0.1) is 17.8 Å². The summed E-state index contributed by atoms with van der Waals surface area (Å²) in [6.45, 7) is 1.37. The van der Waals surface area contributed by atoms with Crippen molar-refractivity contribution in [2.75, 3.05) is 23.5 Å². The summed E-state index contributed by atoms with van der Waals surface area (Å²) < 4.78 is 29.7. The highest BCUT2D eigenvalue weighted by atomic mass is 32.2. The molecule has 2 aromatic carbocycles. The van der Waals surface area contributed by atoms with Crippen molar-refractivity contribution >= 4 is 33.0 Å². The van der Waals surface area contributed by atoms with Crippen molar-refractivity contribution in [1.29, 1.82) is 0 Å². The topological polar surface area (TPSA) is 102 Å². The number of ether oxygens (including phenoxy) is 1. The van der Waals surface area contributed by atoms with E-state index < -0.39 is 15.7 Å². The van der Waals surface area contributed by atoms with E-state index in [1.54, 1.807) is 24.3 Å². The van der Waals surface area contributed by atoms with Crippen molar-refractivity contribution < 1.29 is 22.7 Å². The highest BCUT2D eigenvalue weighted by Gasteiger charge is 2.17. The van der Waals surface area contributed by atoms with E-state index in [1.165, 1.54) is 38.3 Å². The third-order valence-electron chi connectivity index (χ3n) is 3.49. The monoisotopic (exact) mass is 376 g/mol. The predicted octanol–water partition coefficient (Wildman–Crippen LogP) is 2.46. The third-order valence-corrected chi connectivity index (χ3v) is 5.22.